The monoisotopic (exact) mass is 353 g/mol. The van der Waals surface area contributed by atoms with E-state index >= 15 is 0 Å². The summed E-state index contributed by atoms with van der Waals surface area (Å²) in [4.78, 5) is 20.8. The third-order valence-corrected chi connectivity index (χ3v) is 5.95. The second kappa shape index (κ2) is 7.06. The van der Waals surface area contributed by atoms with Crippen molar-refractivity contribution in [2.75, 3.05) is 13.1 Å². The van der Waals surface area contributed by atoms with E-state index in [0.717, 1.165) is 55.5 Å². The molecule has 3 aromatic rings. The summed E-state index contributed by atoms with van der Waals surface area (Å²) in [7, 11) is 0. The molecule has 1 N–H and O–H groups in total. The van der Waals surface area contributed by atoms with E-state index in [1.165, 1.54) is 10.4 Å². The van der Waals surface area contributed by atoms with Crippen molar-refractivity contribution >= 4 is 11.3 Å². The molecule has 0 atom stereocenters. The van der Waals surface area contributed by atoms with E-state index in [1.807, 2.05) is 24.5 Å². The van der Waals surface area contributed by atoms with Gasteiger partial charge in [0.15, 0.2) is 5.82 Å². The van der Waals surface area contributed by atoms with Crippen LogP contribution in [0.1, 0.15) is 40.7 Å². The maximum absolute atomic E-state index is 4.71. The van der Waals surface area contributed by atoms with Crippen LogP contribution in [-0.2, 0) is 6.54 Å². The Labute approximate surface area is 152 Å². The van der Waals surface area contributed by atoms with Crippen LogP contribution in [0.3, 0.4) is 0 Å². The van der Waals surface area contributed by atoms with Crippen molar-refractivity contribution < 1.29 is 0 Å². The number of hydrogen-bond acceptors (Lipinski definition) is 5. The number of imidazole rings is 1. The molecule has 1 saturated heterocycles. The first kappa shape index (κ1) is 16.4. The number of aromatic nitrogens is 4. The highest BCUT2D eigenvalue weighted by Gasteiger charge is 2.23. The van der Waals surface area contributed by atoms with E-state index in [2.05, 4.69) is 44.3 Å². The lowest BCUT2D eigenvalue weighted by molar-refractivity contribution is 0.204. The number of hydrogen-bond donors (Lipinski definition) is 1. The normalized spacial score (nSPS) is 16.4. The summed E-state index contributed by atoms with van der Waals surface area (Å²) in [5.74, 6) is 2.15. The van der Waals surface area contributed by atoms with Crippen LogP contribution in [0.25, 0.3) is 11.5 Å². The highest BCUT2D eigenvalue weighted by atomic mass is 32.1. The highest BCUT2D eigenvalue weighted by Crippen LogP contribution is 2.30. The van der Waals surface area contributed by atoms with Gasteiger partial charge in [0.05, 0.1) is 0 Å². The number of H-pyrrole nitrogens is 1. The number of aryl methyl sites for hydroxylation is 2. The number of likely N-dealkylation sites (tertiary alicyclic amines) is 1. The first-order valence-corrected chi connectivity index (χ1v) is 9.67. The largest absolute Gasteiger partial charge is 0.343 e. The molecule has 1 aliphatic heterocycles. The Bertz CT molecular complexity index is 831. The van der Waals surface area contributed by atoms with Crippen LogP contribution in [0.4, 0.5) is 0 Å². The molecule has 0 bridgehead atoms. The van der Waals surface area contributed by atoms with E-state index in [9.17, 15) is 0 Å². The fraction of sp³-hybridized carbons (Fsp3) is 0.421. The predicted molar refractivity (Wildman–Crippen MR) is 101 cm³/mol. The summed E-state index contributed by atoms with van der Waals surface area (Å²) in [6, 6.07) is 4.32. The fourth-order valence-electron chi connectivity index (χ4n) is 3.48. The number of nitrogens with one attached hydrogen (secondary N) is 1. The Morgan fingerprint density at radius 1 is 1.24 bits per heavy atom. The van der Waals surface area contributed by atoms with Crippen LogP contribution in [0.15, 0.2) is 29.9 Å². The molecule has 0 spiro atoms. The van der Waals surface area contributed by atoms with Crippen molar-refractivity contribution in [2.45, 2.75) is 39.2 Å². The highest BCUT2D eigenvalue weighted by molar-refractivity contribution is 7.10. The summed E-state index contributed by atoms with van der Waals surface area (Å²) < 4.78 is 0. The third kappa shape index (κ3) is 3.65. The standard InChI is InChI=1S/C19H23N5S/c1-13-5-10-25-18(13)12-24-8-3-15(4-9-24)16-11-17(23-14(2)22-16)19-20-6-7-21-19/h5-7,10-11,15H,3-4,8-9,12H2,1-2H3,(H,20,21). The van der Waals surface area contributed by atoms with E-state index in [0.29, 0.717) is 5.92 Å². The summed E-state index contributed by atoms with van der Waals surface area (Å²) in [6.45, 7) is 7.50. The van der Waals surface area contributed by atoms with Gasteiger partial charge in [-0.15, -0.1) is 11.3 Å². The number of aromatic amines is 1. The molecule has 0 unspecified atom stereocenters. The summed E-state index contributed by atoms with van der Waals surface area (Å²) in [6.07, 6.45) is 5.89. The molecule has 0 saturated carbocycles. The topological polar surface area (TPSA) is 57.7 Å². The molecule has 3 aromatic heterocycles. The van der Waals surface area contributed by atoms with Gasteiger partial charge >= 0.3 is 0 Å². The second-order valence-corrected chi connectivity index (χ2v) is 7.74. The lowest BCUT2D eigenvalue weighted by atomic mass is 9.92. The van der Waals surface area contributed by atoms with Gasteiger partial charge in [-0.05, 0) is 62.9 Å². The predicted octanol–water partition coefficient (Wildman–Crippen LogP) is 3.92. The molecular weight excluding hydrogens is 330 g/mol. The molecule has 0 aromatic carbocycles. The molecule has 0 radical (unpaired) electrons. The molecule has 1 fully saturated rings. The SMILES string of the molecule is Cc1nc(-c2ncc[nH]2)cc(C2CCN(Cc3sccc3C)CC2)n1. The fourth-order valence-corrected chi connectivity index (χ4v) is 4.43. The van der Waals surface area contributed by atoms with Crippen LogP contribution in [0, 0.1) is 13.8 Å². The smallest absolute Gasteiger partial charge is 0.156 e. The lowest BCUT2D eigenvalue weighted by Crippen LogP contribution is -2.32. The Morgan fingerprint density at radius 2 is 2.08 bits per heavy atom. The van der Waals surface area contributed by atoms with Gasteiger partial charge in [0.2, 0.25) is 0 Å². The maximum Gasteiger partial charge on any atom is 0.156 e. The zero-order valence-electron chi connectivity index (χ0n) is 14.7. The molecule has 0 aliphatic carbocycles. The Morgan fingerprint density at radius 3 is 2.76 bits per heavy atom. The molecule has 6 heteroatoms. The van der Waals surface area contributed by atoms with Crippen LogP contribution >= 0.6 is 11.3 Å². The van der Waals surface area contributed by atoms with Gasteiger partial charge in [-0.1, -0.05) is 0 Å². The first-order chi connectivity index (χ1) is 12.2. The molecule has 25 heavy (non-hydrogen) atoms. The summed E-state index contributed by atoms with van der Waals surface area (Å²) >= 11 is 1.87. The van der Waals surface area contributed by atoms with Gasteiger partial charge in [-0.3, -0.25) is 4.90 Å². The zero-order valence-corrected chi connectivity index (χ0v) is 15.5. The van der Waals surface area contributed by atoms with E-state index < -0.39 is 0 Å². The average Bonchev–Trinajstić information content (AvgIpc) is 3.28. The third-order valence-electron chi connectivity index (χ3n) is 4.94. The van der Waals surface area contributed by atoms with Crippen molar-refractivity contribution in [1.29, 1.82) is 0 Å². The van der Waals surface area contributed by atoms with Crippen LogP contribution in [-0.4, -0.2) is 37.9 Å². The van der Waals surface area contributed by atoms with E-state index in [-0.39, 0.29) is 0 Å². The second-order valence-electron chi connectivity index (χ2n) is 6.74. The van der Waals surface area contributed by atoms with Crippen molar-refractivity contribution in [3.8, 4) is 11.5 Å². The van der Waals surface area contributed by atoms with Gasteiger partial charge in [-0.2, -0.15) is 0 Å². The molecular formula is C19H23N5S. The number of rotatable bonds is 4. The Balaban J connectivity index is 1.45. The number of thiophene rings is 1. The minimum absolute atomic E-state index is 0.510. The molecule has 4 heterocycles. The van der Waals surface area contributed by atoms with Gasteiger partial charge in [0.25, 0.3) is 0 Å². The molecule has 1 aliphatic rings. The number of nitrogens with zero attached hydrogens (tertiary/aromatic N) is 4. The molecule has 4 rings (SSSR count). The Kier molecular flexibility index (Phi) is 4.63. The lowest BCUT2D eigenvalue weighted by Gasteiger charge is -2.31. The molecule has 130 valence electrons. The molecule has 5 nitrogen and oxygen atoms in total. The van der Waals surface area contributed by atoms with Crippen LogP contribution in [0.5, 0.6) is 0 Å². The van der Waals surface area contributed by atoms with Gasteiger partial charge in [0.1, 0.15) is 11.5 Å². The minimum atomic E-state index is 0.510. The average molecular weight is 353 g/mol. The molecule has 0 amide bonds. The summed E-state index contributed by atoms with van der Waals surface area (Å²) in [5, 5.41) is 2.19. The van der Waals surface area contributed by atoms with Crippen LogP contribution in [0.2, 0.25) is 0 Å². The van der Waals surface area contributed by atoms with Crippen molar-refractivity contribution in [2.24, 2.45) is 0 Å². The van der Waals surface area contributed by atoms with E-state index in [1.54, 1.807) is 6.20 Å². The summed E-state index contributed by atoms with van der Waals surface area (Å²) in [5.41, 5.74) is 3.47. The minimum Gasteiger partial charge on any atom is -0.343 e. The van der Waals surface area contributed by atoms with Gasteiger partial charge < -0.3 is 4.98 Å². The van der Waals surface area contributed by atoms with Crippen molar-refractivity contribution in [1.82, 2.24) is 24.8 Å². The van der Waals surface area contributed by atoms with E-state index in [4.69, 9.17) is 4.98 Å². The number of piperidine rings is 1. The van der Waals surface area contributed by atoms with Gasteiger partial charge in [0, 0.05) is 35.4 Å². The zero-order chi connectivity index (χ0) is 17.2. The Hall–Kier alpha value is -2.05. The van der Waals surface area contributed by atoms with Crippen LogP contribution < -0.4 is 0 Å². The van der Waals surface area contributed by atoms with Crippen molar-refractivity contribution in [3.63, 3.8) is 0 Å². The maximum atomic E-state index is 4.71. The first-order valence-electron chi connectivity index (χ1n) is 8.79. The quantitative estimate of drug-likeness (QED) is 0.772. The van der Waals surface area contributed by atoms with Gasteiger partial charge in [-0.25, -0.2) is 15.0 Å². The van der Waals surface area contributed by atoms with Crippen molar-refractivity contribution in [3.05, 3.63) is 51.9 Å².